The van der Waals surface area contributed by atoms with E-state index >= 15 is 0 Å². The molecule has 4 aliphatic carbocycles. The van der Waals surface area contributed by atoms with Crippen molar-refractivity contribution in [2.75, 3.05) is 0 Å². The molecule has 4 fully saturated rings. The fourth-order valence-electron chi connectivity index (χ4n) is 7.80. The molecule has 6 nitrogen and oxygen atoms in total. The zero-order chi connectivity index (χ0) is 19.5. The first-order chi connectivity index (χ1) is 11.7. The molecule has 1 spiro atoms. The number of aliphatic hydroxyl groups is 6. The van der Waals surface area contributed by atoms with Gasteiger partial charge in [0, 0.05) is 22.7 Å². The zero-order valence-electron chi connectivity index (χ0n) is 16.2. The first-order valence-corrected chi connectivity index (χ1v) is 9.94. The third-order valence-corrected chi connectivity index (χ3v) is 9.26. The highest BCUT2D eigenvalue weighted by atomic mass is 16.4. The summed E-state index contributed by atoms with van der Waals surface area (Å²) < 4.78 is 0. The molecular formula is C20H34O6. The van der Waals surface area contributed by atoms with Gasteiger partial charge in [0.15, 0.2) is 0 Å². The quantitative estimate of drug-likeness (QED) is 0.361. The molecule has 0 amide bonds. The van der Waals surface area contributed by atoms with E-state index in [9.17, 15) is 30.6 Å². The molecular weight excluding hydrogens is 336 g/mol. The topological polar surface area (TPSA) is 121 Å². The van der Waals surface area contributed by atoms with Gasteiger partial charge in [-0.1, -0.05) is 13.8 Å². The molecule has 2 unspecified atom stereocenters. The number of aliphatic hydroxyl groups excluding tert-OH is 3. The average molecular weight is 370 g/mol. The second kappa shape index (κ2) is 5.02. The van der Waals surface area contributed by atoms with Crippen molar-refractivity contribution in [2.24, 2.45) is 28.6 Å². The minimum Gasteiger partial charge on any atom is -0.392 e. The number of fused-ring (bicyclic) bond motifs is 2. The zero-order valence-corrected chi connectivity index (χ0v) is 16.2. The Bertz CT molecular complexity index is 615. The molecule has 4 saturated carbocycles. The van der Waals surface area contributed by atoms with Crippen molar-refractivity contribution in [2.45, 2.75) is 94.9 Å². The Balaban J connectivity index is 1.89. The van der Waals surface area contributed by atoms with Crippen LogP contribution in [0.2, 0.25) is 0 Å². The fraction of sp³-hybridized carbons (Fsp3) is 1.00. The first-order valence-electron chi connectivity index (χ1n) is 9.94. The smallest absolute Gasteiger partial charge is 0.104 e. The molecule has 10 atom stereocenters. The summed E-state index contributed by atoms with van der Waals surface area (Å²) in [6, 6.07) is 0. The van der Waals surface area contributed by atoms with Crippen molar-refractivity contribution in [3.8, 4) is 0 Å². The Morgan fingerprint density at radius 1 is 0.808 bits per heavy atom. The Morgan fingerprint density at radius 2 is 1.42 bits per heavy atom. The lowest BCUT2D eigenvalue weighted by atomic mass is 9.57. The summed E-state index contributed by atoms with van der Waals surface area (Å²) in [6.07, 6.45) is -1.01. The van der Waals surface area contributed by atoms with Gasteiger partial charge in [-0.2, -0.15) is 0 Å². The molecule has 0 aromatic carbocycles. The Labute approximate surface area is 154 Å². The molecule has 4 rings (SSSR count). The monoisotopic (exact) mass is 370 g/mol. The predicted molar refractivity (Wildman–Crippen MR) is 94.0 cm³/mol. The molecule has 6 N–H and O–H groups in total. The van der Waals surface area contributed by atoms with Gasteiger partial charge in [-0.05, 0) is 51.9 Å². The minimum absolute atomic E-state index is 0.116. The standard InChI is InChI=1S/C20H34O6/c1-16(2)13(21)7-12-18(4,25)11-6-5-10-15(23)19(11,9-17(10,3)24)8-14(22)20(12,16)26/h10-15,21-26H,5-9H2,1-4H3/t10-,11+,12-,13?,14?,15+,17+,18+,19-,20-/m0/s1. The molecule has 6 heteroatoms. The van der Waals surface area contributed by atoms with E-state index in [0.29, 0.717) is 19.3 Å². The van der Waals surface area contributed by atoms with Gasteiger partial charge in [-0.3, -0.25) is 0 Å². The summed E-state index contributed by atoms with van der Waals surface area (Å²) in [5, 5.41) is 67.1. The van der Waals surface area contributed by atoms with Crippen molar-refractivity contribution >= 4 is 0 Å². The van der Waals surface area contributed by atoms with Gasteiger partial charge >= 0.3 is 0 Å². The van der Waals surface area contributed by atoms with E-state index in [0.717, 1.165) is 0 Å². The van der Waals surface area contributed by atoms with Gasteiger partial charge < -0.3 is 30.6 Å². The molecule has 0 aromatic rings. The average Bonchev–Trinajstić information content (AvgIpc) is 2.72. The minimum atomic E-state index is -1.66. The van der Waals surface area contributed by atoms with Crippen LogP contribution in [0.1, 0.15) is 59.8 Å². The Morgan fingerprint density at radius 3 is 2.04 bits per heavy atom. The molecule has 2 bridgehead atoms. The van der Waals surface area contributed by atoms with E-state index in [-0.39, 0.29) is 24.7 Å². The second-order valence-corrected chi connectivity index (χ2v) is 10.7. The van der Waals surface area contributed by atoms with Gasteiger partial charge in [0.05, 0.1) is 29.5 Å². The molecule has 4 aliphatic rings. The molecule has 150 valence electrons. The van der Waals surface area contributed by atoms with Crippen LogP contribution in [0.3, 0.4) is 0 Å². The van der Waals surface area contributed by atoms with Crippen LogP contribution in [-0.4, -0.2) is 65.8 Å². The van der Waals surface area contributed by atoms with E-state index < -0.39 is 51.9 Å². The maximum atomic E-state index is 11.7. The fourth-order valence-corrected chi connectivity index (χ4v) is 7.80. The SMILES string of the molecule is CC1(C)C(O)C[C@H]2[C@](C)(O)[C@H]3CC[C@H]4[C@@H](O)[C@@]3(CC(O)[C@@]21O)C[C@@]4(C)O. The molecule has 0 heterocycles. The number of hydrogen-bond donors (Lipinski definition) is 6. The van der Waals surface area contributed by atoms with Crippen molar-refractivity contribution in [1.29, 1.82) is 0 Å². The Hall–Kier alpha value is -0.240. The maximum absolute atomic E-state index is 11.7. The lowest BCUT2D eigenvalue weighted by Crippen LogP contribution is -2.60. The lowest BCUT2D eigenvalue weighted by Gasteiger charge is -2.51. The second-order valence-electron chi connectivity index (χ2n) is 10.7. The van der Waals surface area contributed by atoms with Crippen LogP contribution in [0.4, 0.5) is 0 Å². The van der Waals surface area contributed by atoms with Crippen LogP contribution in [0.15, 0.2) is 0 Å². The lowest BCUT2D eigenvalue weighted by molar-refractivity contribution is -0.201. The van der Waals surface area contributed by atoms with Gasteiger partial charge in [-0.25, -0.2) is 0 Å². The van der Waals surface area contributed by atoms with Crippen LogP contribution in [-0.2, 0) is 0 Å². The number of hydrogen-bond acceptors (Lipinski definition) is 6. The highest BCUT2D eigenvalue weighted by Gasteiger charge is 2.76. The summed E-state index contributed by atoms with van der Waals surface area (Å²) in [6.45, 7) is 6.87. The third kappa shape index (κ3) is 1.89. The first kappa shape index (κ1) is 19.1. The molecule has 0 radical (unpaired) electrons. The Kier molecular flexibility index (Phi) is 3.69. The van der Waals surface area contributed by atoms with Crippen LogP contribution < -0.4 is 0 Å². The van der Waals surface area contributed by atoms with Crippen molar-refractivity contribution in [1.82, 2.24) is 0 Å². The summed E-state index contributed by atoms with van der Waals surface area (Å²) in [7, 11) is 0. The molecule has 0 aromatic heterocycles. The highest BCUT2D eigenvalue weighted by molar-refractivity contribution is 5.25. The van der Waals surface area contributed by atoms with Gasteiger partial charge in [0.2, 0.25) is 0 Å². The van der Waals surface area contributed by atoms with Crippen molar-refractivity contribution in [3.05, 3.63) is 0 Å². The van der Waals surface area contributed by atoms with E-state index in [4.69, 9.17) is 0 Å². The van der Waals surface area contributed by atoms with E-state index in [1.54, 1.807) is 27.7 Å². The van der Waals surface area contributed by atoms with Crippen LogP contribution >= 0.6 is 0 Å². The molecule has 26 heavy (non-hydrogen) atoms. The van der Waals surface area contributed by atoms with Crippen LogP contribution in [0.5, 0.6) is 0 Å². The third-order valence-electron chi connectivity index (χ3n) is 9.26. The molecule has 0 aliphatic heterocycles. The summed E-state index contributed by atoms with van der Waals surface area (Å²) >= 11 is 0. The molecule has 0 saturated heterocycles. The van der Waals surface area contributed by atoms with E-state index in [2.05, 4.69) is 0 Å². The number of rotatable bonds is 0. The summed E-state index contributed by atoms with van der Waals surface area (Å²) in [5.74, 6) is -1.34. The van der Waals surface area contributed by atoms with Gasteiger partial charge in [-0.15, -0.1) is 0 Å². The van der Waals surface area contributed by atoms with Crippen LogP contribution in [0, 0.1) is 28.6 Å². The van der Waals surface area contributed by atoms with Crippen LogP contribution in [0.25, 0.3) is 0 Å². The van der Waals surface area contributed by atoms with E-state index in [1.165, 1.54) is 0 Å². The van der Waals surface area contributed by atoms with Gasteiger partial charge in [0.25, 0.3) is 0 Å². The largest absolute Gasteiger partial charge is 0.392 e. The normalized spacial score (nSPS) is 63.9. The van der Waals surface area contributed by atoms with Crippen molar-refractivity contribution < 1.29 is 30.6 Å². The van der Waals surface area contributed by atoms with E-state index in [1.807, 2.05) is 0 Å². The predicted octanol–water partition coefficient (Wildman–Crippen LogP) is 0.168. The van der Waals surface area contributed by atoms with Gasteiger partial charge in [0.1, 0.15) is 5.60 Å². The summed E-state index contributed by atoms with van der Waals surface area (Å²) in [4.78, 5) is 0. The highest BCUT2D eigenvalue weighted by Crippen LogP contribution is 2.69. The van der Waals surface area contributed by atoms with Crippen molar-refractivity contribution in [3.63, 3.8) is 0 Å². The summed E-state index contributed by atoms with van der Waals surface area (Å²) in [5.41, 5.74) is -5.91. The maximum Gasteiger partial charge on any atom is 0.104 e.